The van der Waals surface area contributed by atoms with E-state index in [0.717, 1.165) is 12.8 Å². The molecule has 8 atom stereocenters. The molecule has 3 aliphatic carbocycles. The van der Waals surface area contributed by atoms with Gasteiger partial charge in [-0.25, -0.2) is 0 Å². The summed E-state index contributed by atoms with van der Waals surface area (Å²) >= 11 is 0. The Balaban J connectivity index is 1.93. The average Bonchev–Trinajstić information content (AvgIpc) is 3.10. The maximum atomic E-state index is 12.3. The zero-order valence-electron chi connectivity index (χ0n) is 19.7. The summed E-state index contributed by atoms with van der Waals surface area (Å²) < 4.78 is 29.3. The van der Waals surface area contributed by atoms with Crippen molar-refractivity contribution in [3.05, 3.63) is 0 Å². The van der Waals surface area contributed by atoms with Crippen molar-refractivity contribution in [1.82, 2.24) is 0 Å². The smallest absolute Gasteiger partial charge is 0.305 e. The molecule has 0 aromatic rings. The monoisotopic (exact) mass is 452 g/mol. The number of rotatable bonds is 4. The summed E-state index contributed by atoms with van der Waals surface area (Å²) in [6.07, 6.45) is -0.135. The van der Waals surface area contributed by atoms with Crippen LogP contribution in [0.1, 0.15) is 61.3 Å². The van der Waals surface area contributed by atoms with Crippen LogP contribution in [-0.4, -0.2) is 54.1 Å². The van der Waals surface area contributed by atoms with Gasteiger partial charge in [0, 0.05) is 39.0 Å². The van der Waals surface area contributed by atoms with Crippen LogP contribution in [-0.2, 0) is 42.9 Å². The topological polar surface area (TPSA) is 114 Å². The molecule has 0 amide bonds. The largest absolute Gasteiger partial charge is 0.458 e. The Hall–Kier alpha value is -2.16. The molecule has 0 aromatic carbocycles. The summed E-state index contributed by atoms with van der Waals surface area (Å²) in [6.45, 7) is 11.3. The molecule has 0 aromatic heterocycles. The van der Waals surface area contributed by atoms with E-state index in [1.807, 2.05) is 6.92 Å². The van der Waals surface area contributed by atoms with E-state index in [9.17, 15) is 19.2 Å². The highest BCUT2D eigenvalue weighted by Gasteiger charge is 2.91. The van der Waals surface area contributed by atoms with E-state index in [-0.39, 0.29) is 23.9 Å². The highest BCUT2D eigenvalue weighted by molar-refractivity contribution is 5.70. The number of hydrogen-bond acceptors (Lipinski definition) is 9. The number of hydrogen-bond donors (Lipinski definition) is 0. The minimum Gasteiger partial charge on any atom is -0.458 e. The third kappa shape index (κ3) is 2.92. The van der Waals surface area contributed by atoms with E-state index < -0.39 is 58.8 Å². The van der Waals surface area contributed by atoms with Gasteiger partial charge < -0.3 is 23.7 Å². The molecule has 0 spiro atoms. The summed E-state index contributed by atoms with van der Waals surface area (Å²) in [4.78, 5) is 48.7. The van der Waals surface area contributed by atoms with Gasteiger partial charge in [-0.05, 0) is 24.2 Å². The molecule has 178 valence electrons. The number of esters is 4. The van der Waals surface area contributed by atoms with Crippen molar-refractivity contribution >= 4 is 23.9 Å². The zero-order chi connectivity index (χ0) is 23.9. The molecule has 4 rings (SSSR count). The third-order valence-electron chi connectivity index (χ3n) is 7.93. The fourth-order valence-corrected chi connectivity index (χ4v) is 7.56. The lowest BCUT2D eigenvalue weighted by molar-refractivity contribution is -0.401. The fraction of sp³-hybridized carbons (Fsp3) is 0.826. The van der Waals surface area contributed by atoms with Gasteiger partial charge in [0.25, 0.3) is 5.79 Å². The molecule has 32 heavy (non-hydrogen) atoms. The Labute approximate surface area is 187 Å². The van der Waals surface area contributed by atoms with Crippen LogP contribution in [0.5, 0.6) is 0 Å². The van der Waals surface area contributed by atoms with Gasteiger partial charge in [-0.15, -0.1) is 0 Å². The lowest BCUT2D eigenvalue weighted by atomic mass is 9.40. The number of fused-ring (bicyclic) bond motifs is 2. The van der Waals surface area contributed by atoms with E-state index in [4.69, 9.17) is 23.7 Å². The van der Waals surface area contributed by atoms with Crippen LogP contribution < -0.4 is 0 Å². The summed E-state index contributed by atoms with van der Waals surface area (Å²) in [5, 5.41) is 0. The molecule has 1 heterocycles. The molecule has 9 nitrogen and oxygen atoms in total. The molecule has 1 aliphatic heterocycles. The Morgan fingerprint density at radius 2 is 1.41 bits per heavy atom. The minimum atomic E-state index is -1.61. The van der Waals surface area contributed by atoms with Crippen LogP contribution >= 0.6 is 0 Å². The van der Waals surface area contributed by atoms with E-state index in [1.165, 1.54) is 27.7 Å². The first-order valence-electron chi connectivity index (χ1n) is 11.1. The summed E-state index contributed by atoms with van der Waals surface area (Å²) in [6, 6.07) is 0. The van der Waals surface area contributed by atoms with Gasteiger partial charge in [-0.1, -0.05) is 20.8 Å². The fourth-order valence-electron chi connectivity index (χ4n) is 7.56. The lowest BCUT2D eigenvalue weighted by Gasteiger charge is -2.69. The van der Waals surface area contributed by atoms with E-state index in [0.29, 0.717) is 0 Å². The van der Waals surface area contributed by atoms with Gasteiger partial charge in [0.05, 0.1) is 12.5 Å². The van der Waals surface area contributed by atoms with Crippen molar-refractivity contribution in [3.8, 4) is 0 Å². The Morgan fingerprint density at radius 1 is 0.812 bits per heavy atom. The molecule has 0 bridgehead atoms. The van der Waals surface area contributed by atoms with Gasteiger partial charge >= 0.3 is 23.9 Å². The first-order valence-corrected chi connectivity index (χ1v) is 11.1. The van der Waals surface area contributed by atoms with E-state index >= 15 is 0 Å². The van der Waals surface area contributed by atoms with E-state index in [1.54, 1.807) is 0 Å². The van der Waals surface area contributed by atoms with Gasteiger partial charge in [0.2, 0.25) is 0 Å². The van der Waals surface area contributed by atoms with Crippen molar-refractivity contribution in [2.45, 2.75) is 84.9 Å². The number of ether oxygens (including phenoxy) is 5. The number of carbonyl (C=O) groups excluding carboxylic acids is 4. The van der Waals surface area contributed by atoms with E-state index in [2.05, 4.69) is 13.8 Å². The quantitative estimate of drug-likeness (QED) is 0.467. The summed E-state index contributed by atoms with van der Waals surface area (Å²) in [5.41, 5.74) is -2.16. The highest BCUT2D eigenvalue weighted by Crippen LogP contribution is 2.77. The predicted octanol–water partition coefficient (Wildman–Crippen LogP) is 2.14. The second-order valence-electron chi connectivity index (χ2n) is 10.8. The van der Waals surface area contributed by atoms with Crippen molar-refractivity contribution in [3.63, 3.8) is 0 Å². The van der Waals surface area contributed by atoms with Crippen LogP contribution in [0.2, 0.25) is 0 Å². The van der Waals surface area contributed by atoms with Gasteiger partial charge in [0.1, 0.15) is 6.10 Å². The Bertz CT molecular complexity index is 881. The molecular formula is C23H32O9. The van der Waals surface area contributed by atoms with Crippen molar-refractivity contribution in [2.24, 2.45) is 28.6 Å². The molecule has 8 unspecified atom stereocenters. The Morgan fingerprint density at radius 3 is 1.94 bits per heavy atom. The first kappa shape index (κ1) is 23.0. The second kappa shape index (κ2) is 6.92. The van der Waals surface area contributed by atoms with Crippen LogP contribution in [0.15, 0.2) is 0 Å². The second-order valence-corrected chi connectivity index (χ2v) is 10.8. The number of carbonyl (C=O) groups is 4. The standard InChI is InChI=1S/C23H32O9/c1-11(24)29-17-15-8-20(5,6)9-16(15)21(7)18-22(17,31-13(3)26)10-28-23(18,32-14(4)27)19(21)30-12(2)25/h15-19H,8-10H2,1-7H3. The first-order chi connectivity index (χ1) is 14.7. The maximum absolute atomic E-state index is 12.3. The molecule has 1 saturated heterocycles. The molecule has 3 saturated carbocycles. The summed E-state index contributed by atoms with van der Waals surface area (Å²) in [7, 11) is 0. The SMILES string of the molecule is CC(=O)OC1C2CC(C)(C)CC2C2(C)C(OC(C)=O)C3(OC(C)=O)OCC1(OC(C)=O)C32. The molecule has 9 heteroatoms. The predicted molar refractivity (Wildman–Crippen MR) is 108 cm³/mol. The molecular weight excluding hydrogens is 420 g/mol. The van der Waals surface area contributed by atoms with Crippen LogP contribution in [0.4, 0.5) is 0 Å². The lowest BCUT2D eigenvalue weighted by Crippen LogP contribution is -2.83. The Kier molecular flexibility index (Phi) is 4.98. The summed E-state index contributed by atoms with van der Waals surface area (Å²) in [5.74, 6) is -4.65. The zero-order valence-corrected chi connectivity index (χ0v) is 19.7. The molecule has 4 aliphatic rings. The van der Waals surface area contributed by atoms with Gasteiger partial charge in [0.15, 0.2) is 11.7 Å². The average molecular weight is 453 g/mol. The van der Waals surface area contributed by atoms with Crippen molar-refractivity contribution in [1.29, 1.82) is 0 Å². The van der Waals surface area contributed by atoms with Crippen molar-refractivity contribution < 1.29 is 42.9 Å². The van der Waals surface area contributed by atoms with Crippen LogP contribution in [0, 0.1) is 28.6 Å². The van der Waals surface area contributed by atoms with Crippen LogP contribution in [0.3, 0.4) is 0 Å². The van der Waals surface area contributed by atoms with Gasteiger partial charge in [-0.3, -0.25) is 19.2 Å². The third-order valence-corrected chi connectivity index (χ3v) is 7.93. The molecule has 4 fully saturated rings. The normalized spacial score (nSPS) is 45.0. The molecule has 0 radical (unpaired) electrons. The highest BCUT2D eigenvalue weighted by atomic mass is 16.8. The maximum Gasteiger partial charge on any atom is 0.305 e. The van der Waals surface area contributed by atoms with Gasteiger partial charge in [-0.2, -0.15) is 0 Å². The van der Waals surface area contributed by atoms with Crippen LogP contribution in [0.25, 0.3) is 0 Å². The van der Waals surface area contributed by atoms with Crippen molar-refractivity contribution in [2.75, 3.05) is 6.61 Å². The minimum absolute atomic E-state index is 0.0368. The molecule has 0 N–H and O–H groups in total.